The average Bonchev–Trinajstić information content (AvgIpc) is 2.87. The van der Waals surface area contributed by atoms with Gasteiger partial charge < -0.3 is 14.6 Å². The molecule has 0 amide bonds. The molecule has 2 rings (SSSR count). The fraction of sp³-hybridized carbons (Fsp3) is 0.467. The summed E-state index contributed by atoms with van der Waals surface area (Å²) in [6.45, 7) is 9.56. The molecular formula is C15H21N3O2. The number of rotatable bonds is 5. The molecule has 0 saturated carbocycles. The van der Waals surface area contributed by atoms with Crippen LogP contribution in [0.5, 0.6) is 5.75 Å². The van der Waals surface area contributed by atoms with E-state index in [-0.39, 0.29) is 5.54 Å². The molecule has 0 aliphatic rings. The molecule has 1 aromatic carbocycles. The van der Waals surface area contributed by atoms with E-state index < -0.39 is 0 Å². The smallest absolute Gasteiger partial charge is 0.213 e. The summed E-state index contributed by atoms with van der Waals surface area (Å²) in [5.74, 6) is 1.39. The van der Waals surface area contributed by atoms with Crippen molar-refractivity contribution in [2.24, 2.45) is 0 Å². The molecule has 0 unspecified atom stereocenters. The van der Waals surface area contributed by atoms with Gasteiger partial charge in [0.2, 0.25) is 12.2 Å². The minimum atomic E-state index is 0.0642. The third-order valence-corrected chi connectivity index (χ3v) is 2.79. The van der Waals surface area contributed by atoms with Crippen LogP contribution < -0.4 is 10.1 Å². The molecule has 1 N–H and O–H groups in total. The topological polar surface area (TPSA) is 60.2 Å². The van der Waals surface area contributed by atoms with Gasteiger partial charge in [-0.15, -0.1) is 0 Å². The summed E-state index contributed by atoms with van der Waals surface area (Å²) >= 11 is 0. The lowest BCUT2D eigenvalue weighted by atomic mass is 10.1. The van der Waals surface area contributed by atoms with Crippen LogP contribution in [0.2, 0.25) is 0 Å². The van der Waals surface area contributed by atoms with Crippen LogP contribution in [0.1, 0.15) is 37.7 Å². The largest absolute Gasteiger partial charge is 0.485 e. The maximum absolute atomic E-state index is 5.78. The Morgan fingerprint density at radius 2 is 2.10 bits per heavy atom. The summed E-state index contributed by atoms with van der Waals surface area (Å²) in [6, 6.07) is 6.14. The van der Waals surface area contributed by atoms with Gasteiger partial charge in [0.1, 0.15) is 5.75 Å². The van der Waals surface area contributed by atoms with E-state index in [0.717, 1.165) is 17.9 Å². The highest BCUT2D eigenvalue weighted by Crippen LogP contribution is 2.21. The molecule has 108 valence electrons. The highest BCUT2D eigenvalue weighted by Gasteiger charge is 2.12. The average molecular weight is 275 g/mol. The van der Waals surface area contributed by atoms with Gasteiger partial charge in [0.15, 0.2) is 6.61 Å². The summed E-state index contributed by atoms with van der Waals surface area (Å²) < 4.78 is 10.5. The van der Waals surface area contributed by atoms with Crippen molar-refractivity contribution in [3.05, 3.63) is 41.5 Å². The van der Waals surface area contributed by atoms with Gasteiger partial charge in [-0.3, -0.25) is 0 Å². The van der Waals surface area contributed by atoms with Crippen molar-refractivity contribution in [3.63, 3.8) is 0 Å². The van der Waals surface area contributed by atoms with Gasteiger partial charge >= 0.3 is 0 Å². The molecule has 0 aliphatic carbocycles. The van der Waals surface area contributed by atoms with Crippen LogP contribution in [0.15, 0.2) is 29.1 Å². The second-order valence-corrected chi connectivity index (χ2v) is 5.85. The maximum atomic E-state index is 5.78. The van der Waals surface area contributed by atoms with Gasteiger partial charge in [0, 0.05) is 17.6 Å². The Labute approximate surface area is 119 Å². The first kappa shape index (κ1) is 14.5. The lowest BCUT2D eigenvalue weighted by molar-refractivity contribution is 0.282. The van der Waals surface area contributed by atoms with Crippen molar-refractivity contribution in [3.8, 4) is 5.75 Å². The van der Waals surface area contributed by atoms with Gasteiger partial charge in [0.25, 0.3) is 0 Å². The van der Waals surface area contributed by atoms with Crippen molar-refractivity contribution in [2.45, 2.75) is 46.4 Å². The Hall–Kier alpha value is -1.88. The molecule has 20 heavy (non-hydrogen) atoms. The van der Waals surface area contributed by atoms with Crippen molar-refractivity contribution in [1.29, 1.82) is 0 Å². The van der Waals surface area contributed by atoms with E-state index in [1.807, 2.05) is 12.1 Å². The van der Waals surface area contributed by atoms with Gasteiger partial charge in [-0.05, 0) is 33.8 Å². The first-order valence-corrected chi connectivity index (χ1v) is 6.67. The number of nitrogens with zero attached hydrogens (tertiary/aromatic N) is 2. The fourth-order valence-corrected chi connectivity index (χ4v) is 1.75. The number of hydrogen-bond donors (Lipinski definition) is 1. The van der Waals surface area contributed by atoms with E-state index in [1.165, 1.54) is 12.0 Å². The van der Waals surface area contributed by atoms with Crippen LogP contribution in [-0.2, 0) is 13.2 Å². The molecule has 0 bridgehead atoms. The van der Waals surface area contributed by atoms with E-state index in [4.69, 9.17) is 9.26 Å². The molecule has 1 aromatic heterocycles. The van der Waals surface area contributed by atoms with Gasteiger partial charge in [0.05, 0.1) is 0 Å². The summed E-state index contributed by atoms with van der Waals surface area (Å²) in [4.78, 5) is 3.95. The van der Waals surface area contributed by atoms with Gasteiger partial charge in [-0.1, -0.05) is 22.9 Å². The zero-order chi connectivity index (χ0) is 14.6. The fourth-order valence-electron chi connectivity index (χ4n) is 1.75. The van der Waals surface area contributed by atoms with Crippen molar-refractivity contribution < 1.29 is 9.26 Å². The number of nitrogens with one attached hydrogen (secondary N) is 1. The van der Waals surface area contributed by atoms with Crippen molar-refractivity contribution in [2.75, 3.05) is 0 Å². The molecule has 0 aliphatic heterocycles. The minimum absolute atomic E-state index is 0.0642. The molecule has 0 spiro atoms. The predicted octanol–water partition coefficient (Wildman–Crippen LogP) is 2.85. The van der Waals surface area contributed by atoms with Gasteiger partial charge in [-0.25, -0.2) is 0 Å². The second kappa shape index (κ2) is 6.05. The zero-order valence-electron chi connectivity index (χ0n) is 12.4. The van der Waals surface area contributed by atoms with Gasteiger partial charge in [-0.2, -0.15) is 4.98 Å². The van der Waals surface area contributed by atoms with E-state index in [9.17, 15) is 0 Å². The molecular weight excluding hydrogens is 254 g/mol. The number of aryl methyl sites for hydroxylation is 1. The third kappa shape index (κ3) is 4.35. The Morgan fingerprint density at radius 1 is 1.30 bits per heavy atom. The number of aromatic nitrogens is 2. The molecule has 5 heteroatoms. The lowest BCUT2D eigenvalue weighted by Gasteiger charge is -2.21. The highest BCUT2D eigenvalue weighted by atomic mass is 16.5. The van der Waals surface area contributed by atoms with Crippen LogP contribution >= 0.6 is 0 Å². The number of benzene rings is 1. The van der Waals surface area contributed by atoms with E-state index in [1.54, 1.807) is 0 Å². The Kier molecular flexibility index (Phi) is 4.39. The number of hydrogen-bond acceptors (Lipinski definition) is 5. The predicted molar refractivity (Wildman–Crippen MR) is 76.4 cm³/mol. The third-order valence-electron chi connectivity index (χ3n) is 2.79. The van der Waals surface area contributed by atoms with Crippen LogP contribution in [-0.4, -0.2) is 15.7 Å². The SMILES string of the molecule is Cc1ccc(OCc2ncon2)c(CNC(C)(C)C)c1. The number of ether oxygens (including phenoxy) is 1. The first-order valence-electron chi connectivity index (χ1n) is 6.67. The lowest BCUT2D eigenvalue weighted by Crippen LogP contribution is -2.35. The Morgan fingerprint density at radius 3 is 2.75 bits per heavy atom. The molecule has 0 fully saturated rings. The van der Waals surface area contributed by atoms with Crippen molar-refractivity contribution >= 4 is 0 Å². The normalized spacial score (nSPS) is 11.6. The van der Waals surface area contributed by atoms with Crippen LogP contribution in [0, 0.1) is 6.92 Å². The quantitative estimate of drug-likeness (QED) is 0.909. The van der Waals surface area contributed by atoms with Crippen LogP contribution in [0.3, 0.4) is 0 Å². The summed E-state index contributed by atoms with van der Waals surface area (Å²) in [5.41, 5.74) is 2.40. The van der Waals surface area contributed by atoms with Crippen molar-refractivity contribution in [1.82, 2.24) is 15.5 Å². The molecule has 1 heterocycles. The molecule has 5 nitrogen and oxygen atoms in total. The highest BCUT2D eigenvalue weighted by molar-refractivity contribution is 5.37. The standard InChI is InChI=1S/C15H21N3O2/c1-11-5-6-13(19-9-14-16-10-20-18-14)12(7-11)8-17-15(2,3)4/h5-7,10,17H,8-9H2,1-4H3. The van der Waals surface area contributed by atoms with Crippen LogP contribution in [0.4, 0.5) is 0 Å². The monoisotopic (exact) mass is 275 g/mol. The molecule has 2 aromatic rings. The summed E-state index contributed by atoms with van der Waals surface area (Å²) in [6.07, 6.45) is 1.30. The zero-order valence-corrected chi connectivity index (χ0v) is 12.4. The second-order valence-electron chi connectivity index (χ2n) is 5.85. The van der Waals surface area contributed by atoms with E-state index >= 15 is 0 Å². The van der Waals surface area contributed by atoms with E-state index in [2.05, 4.69) is 49.2 Å². The van der Waals surface area contributed by atoms with E-state index in [0.29, 0.717) is 12.4 Å². The Bertz CT molecular complexity index is 545. The summed E-state index contributed by atoms with van der Waals surface area (Å²) in [5, 5.41) is 7.21. The Balaban J connectivity index is 2.07. The van der Waals surface area contributed by atoms with Crippen LogP contribution in [0.25, 0.3) is 0 Å². The molecule has 0 saturated heterocycles. The maximum Gasteiger partial charge on any atom is 0.213 e. The first-order chi connectivity index (χ1) is 9.44. The minimum Gasteiger partial charge on any atom is -0.485 e. The molecule has 0 radical (unpaired) electrons. The summed E-state index contributed by atoms with van der Waals surface area (Å²) in [7, 11) is 0. The molecule has 0 atom stereocenters.